The number of carbonyl (C=O) groups is 2. The standard InChI is InChI=1S/C28H29N3O3S/c1-34-22-8-6-19(7-9-22)24(25-17-29-26-5-3-2-4-23(25)26)16-30-27(32)20-10-13-31(14-11-20)28(33)21-12-15-35-18-21/h2-9,12,15,17-18,20,24,29H,10-11,13-14,16H2,1H3,(H,30,32). The molecule has 1 fully saturated rings. The smallest absolute Gasteiger partial charge is 0.254 e. The Kier molecular flexibility index (Phi) is 6.86. The molecule has 0 spiro atoms. The van der Waals surface area contributed by atoms with E-state index in [2.05, 4.69) is 34.6 Å². The summed E-state index contributed by atoms with van der Waals surface area (Å²) in [5.41, 5.74) is 4.09. The second-order valence-corrected chi connectivity index (χ2v) is 9.72. The number of amides is 2. The number of para-hydroxylation sites is 1. The highest BCUT2D eigenvalue weighted by Gasteiger charge is 2.29. The number of methoxy groups -OCH3 is 1. The van der Waals surface area contributed by atoms with E-state index in [4.69, 9.17) is 4.74 Å². The van der Waals surface area contributed by atoms with E-state index in [0.717, 1.165) is 33.3 Å². The van der Waals surface area contributed by atoms with Crippen molar-refractivity contribution >= 4 is 34.1 Å². The van der Waals surface area contributed by atoms with Crippen molar-refractivity contribution in [3.63, 3.8) is 0 Å². The van der Waals surface area contributed by atoms with Crippen molar-refractivity contribution in [1.29, 1.82) is 0 Å². The van der Waals surface area contributed by atoms with Crippen LogP contribution in [0.1, 0.15) is 40.2 Å². The van der Waals surface area contributed by atoms with E-state index in [0.29, 0.717) is 32.5 Å². The molecule has 0 bridgehead atoms. The third-order valence-electron chi connectivity index (χ3n) is 6.92. The quantitative estimate of drug-likeness (QED) is 0.384. The molecule has 2 aromatic carbocycles. The molecule has 0 aliphatic carbocycles. The molecule has 3 heterocycles. The summed E-state index contributed by atoms with van der Waals surface area (Å²) in [5, 5.41) is 8.17. The Hall–Kier alpha value is -3.58. The third-order valence-corrected chi connectivity index (χ3v) is 7.60. The zero-order chi connectivity index (χ0) is 24.2. The van der Waals surface area contributed by atoms with Crippen LogP contribution in [0, 0.1) is 5.92 Å². The Morgan fingerprint density at radius 1 is 1.11 bits per heavy atom. The molecule has 5 rings (SSSR count). The lowest BCUT2D eigenvalue weighted by Crippen LogP contribution is -2.43. The second kappa shape index (κ2) is 10.4. The van der Waals surface area contributed by atoms with Crippen LogP contribution in [0.2, 0.25) is 0 Å². The van der Waals surface area contributed by atoms with Crippen LogP contribution >= 0.6 is 11.3 Å². The minimum Gasteiger partial charge on any atom is -0.497 e. The number of H-pyrrole nitrogens is 1. The highest BCUT2D eigenvalue weighted by atomic mass is 32.1. The normalized spacial score (nSPS) is 15.2. The number of benzene rings is 2. The number of hydrogen-bond acceptors (Lipinski definition) is 4. The van der Waals surface area contributed by atoms with Gasteiger partial charge in [-0.3, -0.25) is 9.59 Å². The maximum absolute atomic E-state index is 13.1. The number of likely N-dealkylation sites (tertiary alicyclic amines) is 1. The first-order valence-electron chi connectivity index (χ1n) is 11.9. The van der Waals surface area contributed by atoms with Crippen LogP contribution in [0.4, 0.5) is 0 Å². The predicted molar refractivity (Wildman–Crippen MR) is 139 cm³/mol. The molecule has 180 valence electrons. The number of rotatable bonds is 7. The summed E-state index contributed by atoms with van der Waals surface area (Å²) in [6.07, 6.45) is 3.41. The van der Waals surface area contributed by atoms with Crippen LogP contribution in [-0.4, -0.2) is 48.4 Å². The number of ether oxygens (including phenoxy) is 1. The molecule has 0 saturated carbocycles. The minimum atomic E-state index is -0.0824. The highest BCUT2D eigenvalue weighted by Crippen LogP contribution is 2.31. The molecule has 35 heavy (non-hydrogen) atoms. The molecule has 0 radical (unpaired) electrons. The predicted octanol–water partition coefficient (Wildman–Crippen LogP) is 5.04. The van der Waals surface area contributed by atoms with Crippen LogP contribution < -0.4 is 10.1 Å². The zero-order valence-electron chi connectivity index (χ0n) is 19.7. The first kappa shape index (κ1) is 23.2. The molecule has 1 saturated heterocycles. The molecule has 2 N–H and O–H groups in total. The van der Waals surface area contributed by atoms with Gasteiger partial charge in [0.1, 0.15) is 5.75 Å². The molecule has 1 aliphatic heterocycles. The molecule has 2 aromatic heterocycles. The number of nitrogens with one attached hydrogen (secondary N) is 2. The molecular formula is C28H29N3O3S. The van der Waals surface area contributed by atoms with E-state index in [-0.39, 0.29) is 23.7 Å². The van der Waals surface area contributed by atoms with E-state index in [9.17, 15) is 9.59 Å². The minimum absolute atomic E-state index is 0.00117. The molecule has 1 aliphatic rings. The Bertz CT molecular complexity index is 1290. The molecular weight excluding hydrogens is 458 g/mol. The van der Waals surface area contributed by atoms with Gasteiger partial charge < -0.3 is 19.9 Å². The van der Waals surface area contributed by atoms with Crippen LogP contribution in [0.5, 0.6) is 5.75 Å². The number of piperidine rings is 1. The SMILES string of the molecule is COc1ccc(C(CNC(=O)C2CCN(C(=O)c3ccsc3)CC2)c2c[nH]c3ccccc23)cc1. The van der Waals surface area contributed by atoms with E-state index in [1.54, 1.807) is 7.11 Å². The Morgan fingerprint density at radius 2 is 1.89 bits per heavy atom. The number of aromatic amines is 1. The summed E-state index contributed by atoms with van der Waals surface area (Å²) in [6.45, 7) is 1.72. The van der Waals surface area contributed by atoms with Gasteiger partial charge in [0, 0.05) is 53.9 Å². The monoisotopic (exact) mass is 487 g/mol. The van der Waals surface area contributed by atoms with Crippen molar-refractivity contribution in [1.82, 2.24) is 15.2 Å². The summed E-state index contributed by atoms with van der Waals surface area (Å²) in [5.74, 6) is 0.844. The Balaban J connectivity index is 1.27. The molecule has 7 heteroatoms. The van der Waals surface area contributed by atoms with Gasteiger partial charge in [0.05, 0.1) is 12.7 Å². The molecule has 1 unspecified atom stereocenters. The number of fused-ring (bicyclic) bond motifs is 1. The van der Waals surface area contributed by atoms with Gasteiger partial charge in [-0.25, -0.2) is 0 Å². The third kappa shape index (κ3) is 4.95. The fourth-order valence-electron chi connectivity index (χ4n) is 4.89. The average Bonchev–Trinajstić information content (AvgIpc) is 3.60. The number of hydrogen-bond donors (Lipinski definition) is 2. The number of thiophene rings is 1. The van der Waals surface area contributed by atoms with Gasteiger partial charge in [-0.05, 0) is 53.6 Å². The number of nitrogens with zero attached hydrogens (tertiary/aromatic N) is 1. The summed E-state index contributed by atoms with van der Waals surface area (Å²) >= 11 is 1.53. The molecule has 2 amide bonds. The Labute approximate surface area is 208 Å². The average molecular weight is 488 g/mol. The van der Waals surface area contributed by atoms with Crippen LogP contribution in [0.25, 0.3) is 10.9 Å². The van der Waals surface area contributed by atoms with Crippen molar-refractivity contribution in [3.8, 4) is 5.75 Å². The van der Waals surface area contributed by atoms with Crippen LogP contribution in [-0.2, 0) is 4.79 Å². The first-order chi connectivity index (χ1) is 17.1. The first-order valence-corrected chi connectivity index (χ1v) is 12.9. The van der Waals surface area contributed by atoms with Gasteiger partial charge in [-0.2, -0.15) is 11.3 Å². The van der Waals surface area contributed by atoms with Crippen molar-refractivity contribution in [2.75, 3.05) is 26.7 Å². The summed E-state index contributed by atoms with van der Waals surface area (Å²) < 4.78 is 5.33. The highest BCUT2D eigenvalue weighted by molar-refractivity contribution is 7.08. The van der Waals surface area contributed by atoms with E-state index in [1.165, 1.54) is 11.3 Å². The van der Waals surface area contributed by atoms with Crippen molar-refractivity contribution < 1.29 is 14.3 Å². The van der Waals surface area contributed by atoms with Gasteiger partial charge in [0.25, 0.3) is 5.91 Å². The summed E-state index contributed by atoms with van der Waals surface area (Å²) in [6, 6.07) is 18.1. The maximum Gasteiger partial charge on any atom is 0.254 e. The lowest BCUT2D eigenvalue weighted by molar-refractivity contribution is -0.126. The topological polar surface area (TPSA) is 74.4 Å². The van der Waals surface area contributed by atoms with E-state index in [1.807, 2.05) is 52.2 Å². The molecule has 1 atom stereocenters. The largest absolute Gasteiger partial charge is 0.497 e. The lowest BCUT2D eigenvalue weighted by Gasteiger charge is -2.31. The fourth-order valence-corrected chi connectivity index (χ4v) is 5.52. The number of aromatic nitrogens is 1. The summed E-state index contributed by atoms with van der Waals surface area (Å²) in [4.78, 5) is 31.0. The van der Waals surface area contributed by atoms with Gasteiger partial charge >= 0.3 is 0 Å². The fraction of sp³-hybridized carbons (Fsp3) is 0.286. The zero-order valence-corrected chi connectivity index (χ0v) is 20.5. The van der Waals surface area contributed by atoms with E-state index >= 15 is 0 Å². The van der Waals surface area contributed by atoms with E-state index < -0.39 is 0 Å². The molecule has 4 aromatic rings. The lowest BCUT2D eigenvalue weighted by atomic mass is 9.90. The number of carbonyl (C=O) groups excluding carboxylic acids is 2. The van der Waals surface area contributed by atoms with Gasteiger partial charge in [0.15, 0.2) is 0 Å². The summed E-state index contributed by atoms with van der Waals surface area (Å²) in [7, 11) is 1.66. The maximum atomic E-state index is 13.1. The van der Waals surface area contributed by atoms with Crippen molar-refractivity contribution in [3.05, 3.63) is 88.2 Å². The van der Waals surface area contributed by atoms with Crippen molar-refractivity contribution in [2.45, 2.75) is 18.8 Å². The van der Waals surface area contributed by atoms with Crippen LogP contribution in [0.3, 0.4) is 0 Å². The van der Waals surface area contributed by atoms with Gasteiger partial charge in [-0.1, -0.05) is 30.3 Å². The van der Waals surface area contributed by atoms with Gasteiger partial charge in [0.2, 0.25) is 5.91 Å². The second-order valence-electron chi connectivity index (χ2n) is 8.94. The van der Waals surface area contributed by atoms with Crippen LogP contribution in [0.15, 0.2) is 71.6 Å². The Morgan fingerprint density at radius 3 is 2.60 bits per heavy atom. The molecule has 6 nitrogen and oxygen atoms in total. The van der Waals surface area contributed by atoms with Crippen molar-refractivity contribution in [2.24, 2.45) is 5.92 Å². The van der Waals surface area contributed by atoms with Gasteiger partial charge in [-0.15, -0.1) is 0 Å².